The van der Waals surface area contributed by atoms with E-state index < -0.39 is 0 Å². The molecule has 3 aromatic carbocycles. The molecule has 2 amide bonds. The van der Waals surface area contributed by atoms with Crippen molar-refractivity contribution in [2.24, 2.45) is 0 Å². The molecule has 2 heterocycles. The molecule has 0 radical (unpaired) electrons. The second kappa shape index (κ2) is 12.7. The van der Waals surface area contributed by atoms with Crippen molar-refractivity contribution in [3.8, 4) is 5.75 Å². The summed E-state index contributed by atoms with van der Waals surface area (Å²) in [6, 6.07) is 22.8. The van der Waals surface area contributed by atoms with Crippen LogP contribution in [0.1, 0.15) is 12.0 Å². The maximum atomic E-state index is 13.3. The Bertz CT molecular complexity index is 1370. The zero-order valence-corrected chi connectivity index (χ0v) is 23.8. The first-order valence-corrected chi connectivity index (χ1v) is 14.2. The van der Waals surface area contributed by atoms with E-state index in [2.05, 4.69) is 37.1 Å². The predicted molar refractivity (Wildman–Crippen MR) is 159 cm³/mol. The zero-order valence-electron chi connectivity index (χ0n) is 21.5. The van der Waals surface area contributed by atoms with Gasteiger partial charge in [-0.15, -0.1) is 0 Å². The zero-order chi connectivity index (χ0) is 27.2. The van der Waals surface area contributed by atoms with Gasteiger partial charge < -0.3 is 15.0 Å². The molecule has 1 N–H and O–H groups in total. The largest absolute Gasteiger partial charge is 0.449 e. The number of fused-ring (bicyclic) bond motifs is 1. The SMILES string of the molecule is O=C(CN1C(=O)C(=Cc2cccc(Br)c2)Oc2ccccc21)NCCCN1CCN(c2cccc(Cl)c2)CC1. The molecule has 2 aliphatic rings. The van der Waals surface area contributed by atoms with Crippen LogP contribution in [-0.4, -0.2) is 62.5 Å². The molecule has 3 aromatic rings. The highest BCUT2D eigenvalue weighted by molar-refractivity contribution is 9.10. The molecule has 9 heteroatoms. The van der Waals surface area contributed by atoms with Gasteiger partial charge in [0.15, 0.2) is 11.5 Å². The summed E-state index contributed by atoms with van der Waals surface area (Å²) < 4.78 is 6.82. The highest BCUT2D eigenvalue weighted by Gasteiger charge is 2.31. The lowest BCUT2D eigenvalue weighted by Gasteiger charge is -2.36. The third-order valence-electron chi connectivity index (χ3n) is 6.80. The lowest BCUT2D eigenvalue weighted by atomic mass is 10.1. The molecule has 0 saturated carbocycles. The van der Waals surface area contributed by atoms with Crippen LogP contribution in [0, 0.1) is 0 Å². The van der Waals surface area contributed by atoms with Crippen LogP contribution in [0.2, 0.25) is 5.02 Å². The molecule has 5 rings (SSSR count). The summed E-state index contributed by atoms with van der Waals surface area (Å²) in [6.07, 6.45) is 2.53. The molecule has 1 fully saturated rings. The molecule has 39 heavy (non-hydrogen) atoms. The van der Waals surface area contributed by atoms with E-state index in [-0.39, 0.29) is 24.1 Å². The fourth-order valence-corrected chi connectivity index (χ4v) is 5.40. The molecule has 0 aromatic heterocycles. The van der Waals surface area contributed by atoms with Gasteiger partial charge in [0.1, 0.15) is 6.54 Å². The van der Waals surface area contributed by atoms with Gasteiger partial charge in [-0.3, -0.25) is 19.4 Å². The molecule has 0 bridgehead atoms. The third kappa shape index (κ3) is 7.01. The topological polar surface area (TPSA) is 65.1 Å². The number of carbonyl (C=O) groups is 2. The van der Waals surface area contributed by atoms with Crippen molar-refractivity contribution >= 4 is 56.8 Å². The molecule has 0 unspecified atom stereocenters. The van der Waals surface area contributed by atoms with Crippen molar-refractivity contribution in [1.82, 2.24) is 10.2 Å². The van der Waals surface area contributed by atoms with E-state index in [0.29, 0.717) is 18.0 Å². The minimum absolute atomic E-state index is 0.0761. The number of ether oxygens (including phenoxy) is 1. The maximum absolute atomic E-state index is 13.3. The van der Waals surface area contributed by atoms with Crippen molar-refractivity contribution < 1.29 is 14.3 Å². The Morgan fingerprint density at radius 3 is 2.59 bits per heavy atom. The molecule has 7 nitrogen and oxygen atoms in total. The number of anilines is 2. The number of hydrogen-bond acceptors (Lipinski definition) is 5. The molecule has 2 aliphatic heterocycles. The van der Waals surface area contributed by atoms with Crippen LogP contribution in [-0.2, 0) is 9.59 Å². The van der Waals surface area contributed by atoms with Gasteiger partial charge in [0.25, 0.3) is 5.91 Å². The minimum Gasteiger partial charge on any atom is -0.449 e. The Balaban J connectivity index is 1.12. The summed E-state index contributed by atoms with van der Waals surface area (Å²) >= 11 is 9.59. The van der Waals surface area contributed by atoms with Gasteiger partial charge in [0.05, 0.1) is 5.69 Å². The lowest BCUT2D eigenvalue weighted by Crippen LogP contribution is -2.47. The number of halogens is 2. The van der Waals surface area contributed by atoms with Crippen molar-refractivity contribution in [3.05, 3.63) is 93.6 Å². The Hall–Kier alpha value is -3.33. The number of carbonyl (C=O) groups excluding carboxylic acids is 2. The van der Waals surface area contributed by atoms with E-state index in [1.165, 1.54) is 4.90 Å². The van der Waals surface area contributed by atoms with Gasteiger partial charge >= 0.3 is 0 Å². The number of nitrogens with zero attached hydrogens (tertiary/aromatic N) is 3. The van der Waals surface area contributed by atoms with E-state index in [1.54, 1.807) is 18.2 Å². The highest BCUT2D eigenvalue weighted by atomic mass is 79.9. The van der Waals surface area contributed by atoms with Crippen LogP contribution in [0.5, 0.6) is 5.75 Å². The van der Waals surface area contributed by atoms with Crippen LogP contribution in [0.15, 0.2) is 83.0 Å². The number of nitrogens with one attached hydrogen (secondary N) is 1. The van der Waals surface area contributed by atoms with E-state index in [0.717, 1.165) is 59.9 Å². The molecular formula is C30H30BrClN4O3. The van der Waals surface area contributed by atoms with Crippen LogP contribution in [0.4, 0.5) is 11.4 Å². The number of piperazine rings is 1. The summed E-state index contributed by atoms with van der Waals surface area (Å²) in [5.74, 6) is 0.175. The average Bonchev–Trinajstić information content (AvgIpc) is 2.94. The van der Waals surface area contributed by atoms with E-state index in [9.17, 15) is 9.59 Å². The standard InChI is InChI=1S/C30H30BrClN4O3/c31-23-7-3-6-22(18-23)19-28-30(38)36(26-10-1-2-11-27(26)39-28)21-29(37)33-12-5-13-34-14-16-35(17-15-34)25-9-4-8-24(32)20-25/h1-4,6-11,18-20H,5,12-17,21H2,(H,33,37). The van der Waals surface area contributed by atoms with Gasteiger partial charge in [0.2, 0.25) is 5.91 Å². The molecule has 0 aliphatic carbocycles. The van der Waals surface area contributed by atoms with Crippen molar-refractivity contribution in [1.29, 1.82) is 0 Å². The molecular weight excluding hydrogens is 580 g/mol. The van der Waals surface area contributed by atoms with Gasteiger partial charge in [-0.05, 0) is 67.1 Å². The maximum Gasteiger partial charge on any atom is 0.294 e. The van der Waals surface area contributed by atoms with Gasteiger partial charge in [0, 0.05) is 47.9 Å². The number of hydrogen-bond donors (Lipinski definition) is 1. The fraction of sp³-hybridized carbons (Fsp3) is 0.267. The normalized spacial score (nSPS) is 16.7. The number of benzene rings is 3. The number of amides is 2. The average molecular weight is 610 g/mol. The Labute approximate surface area is 242 Å². The molecule has 202 valence electrons. The minimum atomic E-state index is -0.346. The summed E-state index contributed by atoms with van der Waals surface area (Å²) in [5, 5.41) is 3.74. The monoisotopic (exact) mass is 608 g/mol. The second-order valence-electron chi connectivity index (χ2n) is 9.54. The van der Waals surface area contributed by atoms with Crippen LogP contribution in [0.3, 0.4) is 0 Å². The van der Waals surface area contributed by atoms with E-state index >= 15 is 0 Å². The second-order valence-corrected chi connectivity index (χ2v) is 10.9. The number of rotatable bonds is 8. The molecule has 1 saturated heterocycles. The first-order chi connectivity index (χ1) is 19.0. The Kier molecular flexibility index (Phi) is 8.86. The Morgan fingerprint density at radius 1 is 1.00 bits per heavy atom. The summed E-state index contributed by atoms with van der Waals surface area (Å²) in [4.78, 5) is 32.4. The highest BCUT2D eigenvalue weighted by Crippen LogP contribution is 2.35. The Morgan fingerprint density at radius 2 is 1.79 bits per heavy atom. The summed E-state index contributed by atoms with van der Waals surface area (Å²) in [5.41, 5.74) is 2.56. The summed E-state index contributed by atoms with van der Waals surface area (Å²) in [6.45, 7) is 5.20. The predicted octanol–water partition coefficient (Wildman–Crippen LogP) is 5.20. The van der Waals surface area contributed by atoms with E-state index in [1.807, 2.05) is 54.6 Å². The van der Waals surface area contributed by atoms with Gasteiger partial charge in [-0.1, -0.05) is 57.9 Å². The quantitative estimate of drug-likeness (QED) is 0.281. The first-order valence-electron chi connectivity index (χ1n) is 13.0. The van der Waals surface area contributed by atoms with Crippen molar-refractivity contribution in [2.45, 2.75) is 6.42 Å². The van der Waals surface area contributed by atoms with Gasteiger partial charge in [-0.2, -0.15) is 0 Å². The third-order valence-corrected chi connectivity index (χ3v) is 7.53. The van der Waals surface area contributed by atoms with Crippen molar-refractivity contribution in [3.63, 3.8) is 0 Å². The molecule has 0 spiro atoms. The van der Waals surface area contributed by atoms with Crippen LogP contribution >= 0.6 is 27.5 Å². The number of para-hydroxylation sites is 2. The van der Waals surface area contributed by atoms with E-state index in [4.69, 9.17) is 16.3 Å². The van der Waals surface area contributed by atoms with Crippen LogP contribution in [0.25, 0.3) is 6.08 Å². The molecule has 0 atom stereocenters. The lowest BCUT2D eigenvalue weighted by molar-refractivity contribution is -0.123. The first kappa shape index (κ1) is 27.2. The van der Waals surface area contributed by atoms with Crippen LogP contribution < -0.4 is 19.9 Å². The summed E-state index contributed by atoms with van der Waals surface area (Å²) in [7, 11) is 0. The van der Waals surface area contributed by atoms with Crippen molar-refractivity contribution in [2.75, 3.05) is 55.6 Å². The smallest absolute Gasteiger partial charge is 0.294 e. The van der Waals surface area contributed by atoms with Gasteiger partial charge in [-0.25, -0.2) is 0 Å². The fourth-order valence-electron chi connectivity index (χ4n) is 4.80.